The molecule has 0 spiro atoms. The molecule has 1 aromatic carbocycles. The van der Waals surface area contributed by atoms with Crippen molar-refractivity contribution in [3.05, 3.63) is 35.4 Å². The minimum Gasteiger partial charge on any atom is -0.480 e. The molecule has 1 unspecified atom stereocenters. The maximum atomic E-state index is 12.5. The number of halogens is 2. The molecule has 0 amide bonds. The number of aliphatic carboxylic acids is 1. The summed E-state index contributed by atoms with van der Waals surface area (Å²) in [5, 5.41) is 11.8. The lowest BCUT2D eigenvalue weighted by Crippen LogP contribution is -2.31. The Hall–Kier alpha value is -1.53. The van der Waals surface area contributed by atoms with Crippen LogP contribution >= 0.6 is 0 Å². The Morgan fingerprint density at radius 2 is 2.11 bits per heavy atom. The van der Waals surface area contributed by atoms with Crippen LogP contribution in [0.4, 0.5) is 8.78 Å². The van der Waals surface area contributed by atoms with E-state index < -0.39 is 18.4 Å². The highest BCUT2D eigenvalue weighted by molar-refractivity contribution is 5.75. The molecule has 2 N–H and O–H groups in total. The van der Waals surface area contributed by atoms with Gasteiger partial charge in [-0.05, 0) is 11.6 Å². The molecule has 1 aromatic rings. The van der Waals surface area contributed by atoms with Gasteiger partial charge in [0.05, 0.1) is 6.61 Å². The lowest BCUT2D eigenvalue weighted by Gasteiger charge is -2.15. The van der Waals surface area contributed by atoms with Crippen molar-refractivity contribution in [3.63, 3.8) is 0 Å². The second-order valence-corrected chi connectivity index (χ2v) is 3.69. The molecular formula is C12H15F2NO3. The van der Waals surface area contributed by atoms with E-state index in [1.54, 1.807) is 0 Å². The van der Waals surface area contributed by atoms with Crippen molar-refractivity contribution in [1.82, 2.24) is 5.32 Å². The summed E-state index contributed by atoms with van der Waals surface area (Å²) in [6.07, 6.45) is -2.61. The smallest absolute Gasteiger partial charge is 0.325 e. The van der Waals surface area contributed by atoms with Crippen LogP contribution in [0.2, 0.25) is 0 Å². The Bertz CT molecular complexity index is 399. The molecule has 0 fully saturated rings. The van der Waals surface area contributed by atoms with Gasteiger partial charge in [-0.3, -0.25) is 10.1 Å². The molecule has 0 radical (unpaired) electrons. The summed E-state index contributed by atoms with van der Waals surface area (Å²) in [5.74, 6) is -1.11. The molecule has 1 atom stereocenters. The fourth-order valence-corrected chi connectivity index (χ4v) is 1.53. The maximum Gasteiger partial charge on any atom is 0.325 e. The average molecular weight is 259 g/mol. The van der Waals surface area contributed by atoms with E-state index in [4.69, 9.17) is 9.84 Å². The maximum absolute atomic E-state index is 12.5. The third kappa shape index (κ3) is 4.05. The number of rotatable bonds is 7. The van der Waals surface area contributed by atoms with Crippen molar-refractivity contribution >= 4 is 5.97 Å². The van der Waals surface area contributed by atoms with Crippen molar-refractivity contribution in [3.8, 4) is 0 Å². The summed E-state index contributed by atoms with van der Waals surface area (Å²) >= 11 is 0. The van der Waals surface area contributed by atoms with Crippen LogP contribution < -0.4 is 5.32 Å². The third-order valence-corrected chi connectivity index (χ3v) is 2.40. The quantitative estimate of drug-likeness (QED) is 0.735. The molecule has 1 rings (SSSR count). The van der Waals surface area contributed by atoms with Gasteiger partial charge in [-0.1, -0.05) is 18.2 Å². The van der Waals surface area contributed by atoms with Crippen LogP contribution in [0.15, 0.2) is 24.3 Å². The van der Waals surface area contributed by atoms with Crippen molar-refractivity contribution in [2.24, 2.45) is 0 Å². The molecule has 0 aliphatic carbocycles. The predicted molar refractivity (Wildman–Crippen MR) is 61.7 cm³/mol. The lowest BCUT2D eigenvalue weighted by atomic mass is 10.0. The van der Waals surface area contributed by atoms with Crippen LogP contribution in [0.1, 0.15) is 23.6 Å². The first kappa shape index (κ1) is 14.5. The standard InChI is InChI=1S/C12H15F2NO3/c1-18-6-5-15-10(12(16)17)8-3-2-4-9(7-8)11(13)14/h2-4,7,10-11,15H,5-6H2,1H3,(H,16,17). The highest BCUT2D eigenvalue weighted by Gasteiger charge is 2.20. The van der Waals surface area contributed by atoms with E-state index in [0.717, 1.165) is 0 Å². The Balaban J connectivity index is 2.84. The third-order valence-electron chi connectivity index (χ3n) is 2.40. The second-order valence-electron chi connectivity index (χ2n) is 3.69. The van der Waals surface area contributed by atoms with Gasteiger partial charge in [0.15, 0.2) is 0 Å². The van der Waals surface area contributed by atoms with E-state index in [0.29, 0.717) is 18.7 Å². The van der Waals surface area contributed by atoms with Gasteiger partial charge >= 0.3 is 5.97 Å². The zero-order valence-electron chi connectivity index (χ0n) is 9.90. The number of carboxylic acid groups (broad SMARTS) is 1. The van der Waals surface area contributed by atoms with Crippen molar-refractivity contribution in [2.75, 3.05) is 20.3 Å². The molecule has 0 aliphatic rings. The Morgan fingerprint density at radius 3 is 2.67 bits per heavy atom. The summed E-state index contributed by atoms with van der Waals surface area (Å²) in [4.78, 5) is 11.1. The predicted octanol–water partition coefficient (Wildman–Crippen LogP) is 1.99. The number of nitrogens with one attached hydrogen (secondary N) is 1. The molecule has 0 saturated carbocycles. The van der Waals surface area contributed by atoms with Gasteiger partial charge in [-0.2, -0.15) is 0 Å². The van der Waals surface area contributed by atoms with Crippen LogP contribution in [0.25, 0.3) is 0 Å². The van der Waals surface area contributed by atoms with E-state index >= 15 is 0 Å². The molecule has 6 heteroatoms. The van der Waals surface area contributed by atoms with Crippen molar-refractivity contribution in [1.29, 1.82) is 0 Å². The van der Waals surface area contributed by atoms with Gasteiger partial charge in [-0.25, -0.2) is 8.78 Å². The van der Waals surface area contributed by atoms with E-state index in [1.807, 2.05) is 0 Å². The first-order valence-electron chi connectivity index (χ1n) is 5.39. The van der Waals surface area contributed by atoms with E-state index in [9.17, 15) is 13.6 Å². The highest BCUT2D eigenvalue weighted by Crippen LogP contribution is 2.22. The molecule has 0 heterocycles. The molecule has 100 valence electrons. The van der Waals surface area contributed by atoms with Crippen molar-refractivity contribution in [2.45, 2.75) is 12.5 Å². The number of hydrogen-bond acceptors (Lipinski definition) is 3. The number of ether oxygens (including phenoxy) is 1. The van der Waals surface area contributed by atoms with Gasteiger partial charge in [0.2, 0.25) is 0 Å². The largest absolute Gasteiger partial charge is 0.480 e. The second kappa shape index (κ2) is 7.03. The van der Waals surface area contributed by atoms with Gasteiger partial charge in [0.25, 0.3) is 6.43 Å². The lowest BCUT2D eigenvalue weighted by molar-refractivity contribution is -0.139. The molecule has 18 heavy (non-hydrogen) atoms. The van der Waals surface area contributed by atoms with Crippen LogP contribution in [-0.2, 0) is 9.53 Å². The minimum atomic E-state index is -2.61. The van der Waals surface area contributed by atoms with Crippen molar-refractivity contribution < 1.29 is 23.4 Å². The topological polar surface area (TPSA) is 58.6 Å². The molecule has 4 nitrogen and oxygen atoms in total. The molecule has 0 saturated heterocycles. The van der Waals surface area contributed by atoms with Crippen LogP contribution in [0.3, 0.4) is 0 Å². The number of hydrogen-bond donors (Lipinski definition) is 2. The Kier molecular flexibility index (Phi) is 5.67. The summed E-state index contributed by atoms with van der Waals surface area (Å²) in [7, 11) is 1.49. The Labute approximate surface area is 104 Å². The number of carbonyl (C=O) groups is 1. The number of methoxy groups -OCH3 is 1. The number of benzene rings is 1. The van der Waals surface area contributed by atoms with Crippen LogP contribution in [0.5, 0.6) is 0 Å². The fourth-order valence-electron chi connectivity index (χ4n) is 1.53. The van der Waals surface area contributed by atoms with Gasteiger partial charge in [0, 0.05) is 19.2 Å². The summed E-state index contributed by atoms with van der Waals surface area (Å²) < 4.78 is 29.9. The summed E-state index contributed by atoms with van der Waals surface area (Å²) in [6, 6.07) is 4.37. The first-order valence-corrected chi connectivity index (χ1v) is 5.39. The number of alkyl halides is 2. The van der Waals surface area contributed by atoms with Crippen LogP contribution in [-0.4, -0.2) is 31.3 Å². The zero-order valence-corrected chi connectivity index (χ0v) is 9.90. The highest BCUT2D eigenvalue weighted by atomic mass is 19.3. The molecule has 0 aromatic heterocycles. The minimum absolute atomic E-state index is 0.188. The normalized spacial score (nSPS) is 12.7. The fraction of sp³-hybridized carbons (Fsp3) is 0.417. The van der Waals surface area contributed by atoms with Gasteiger partial charge < -0.3 is 9.84 Å². The molecule has 0 aliphatic heterocycles. The van der Waals surface area contributed by atoms with E-state index in [-0.39, 0.29) is 5.56 Å². The van der Waals surface area contributed by atoms with Gasteiger partial charge in [0.1, 0.15) is 6.04 Å². The molecular weight excluding hydrogens is 244 g/mol. The van der Waals surface area contributed by atoms with E-state index in [1.165, 1.54) is 31.4 Å². The monoisotopic (exact) mass is 259 g/mol. The SMILES string of the molecule is COCCNC(C(=O)O)c1cccc(C(F)F)c1. The average Bonchev–Trinajstić information content (AvgIpc) is 2.34. The van der Waals surface area contributed by atoms with E-state index in [2.05, 4.69) is 5.32 Å². The summed E-state index contributed by atoms with van der Waals surface area (Å²) in [5.41, 5.74) is 0.115. The molecule has 0 bridgehead atoms. The Morgan fingerprint density at radius 1 is 1.44 bits per heavy atom. The first-order chi connectivity index (χ1) is 8.56. The summed E-state index contributed by atoms with van der Waals surface area (Å²) in [6.45, 7) is 0.671. The van der Waals surface area contributed by atoms with Crippen LogP contribution in [0, 0.1) is 0 Å². The zero-order chi connectivity index (χ0) is 13.5. The number of carboxylic acids is 1. The van der Waals surface area contributed by atoms with Gasteiger partial charge in [-0.15, -0.1) is 0 Å².